The van der Waals surface area contributed by atoms with Crippen molar-refractivity contribution in [2.45, 2.75) is 63.7 Å². The highest BCUT2D eigenvalue weighted by Gasteiger charge is 2.32. The molecule has 0 aromatic heterocycles. The molecule has 2 fully saturated rings. The quantitative estimate of drug-likeness (QED) is 0.922. The maximum Gasteiger partial charge on any atom is 0.239 e. The van der Waals surface area contributed by atoms with E-state index < -0.39 is 0 Å². The SMILES string of the molecule is C[C@@H]1C[C@H](N(C)C(=O)[C@@H]2CCCCN2)CCN1Cc1ccccc1. The van der Waals surface area contributed by atoms with Crippen molar-refractivity contribution >= 4 is 5.91 Å². The number of piperidine rings is 2. The molecule has 0 radical (unpaired) electrons. The van der Waals surface area contributed by atoms with E-state index in [0.29, 0.717) is 18.0 Å². The Bertz CT molecular complexity index is 527. The van der Waals surface area contributed by atoms with Crippen LogP contribution in [0.4, 0.5) is 0 Å². The molecule has 0 aliphatic carbocycles. The Morgan fingerprint density at radius 2 is 2.04 bits per heavy atom. The van der Waals surface area contributed by atoms with Crippen LogP contribution in [0, 0.1) is 0 Å². The Hall–Kier alpha value is -1.39. The molecule has 2 heterocycles. The summed E-state index contributed by atoms with van der Waals surface area (Å²) in [6.45, 7) is 5.36. The largest absolute Gasteiger partial charge is 0.341 e. The first-order valence-electron chi connectivity index (χ1n) is 9.43. The molecule has 4 nitrogen and oxygen atoms in total. The van der Waals surface area contributed by atoms with Gasteiger partial charge < -0.3 is 10.2 Å². The molecule has 0 saturated carbocycles. The lowest BCUT2D eigenvalue weighted by molar-refractivity contribution is -0.136. The van der Waals surface area contributed by atoms with Crippen LogP contribution < -0.4 is 5.32 Å². The van der Waals surface area contributed by atoms with Gasteiger partial charge in [-0.2, -0.15) is 0 Å². The van der Waals surface area contributed by atoms with E-state index in [4.69, 9.17) is 0 Å². The highest BCUT2D eigenvalue weighted by molar-refractivity contribution is 5.82. The first-order valence-corrected chi connectivity index (χ1v) is 9.43. The molecule has 132 valence electrons. The number of carbonyl (C=O) groups excluding carboxylic acids is 1. The third-order valence-corrected chi connectivity index (χ3v) is 5.72. The van der Waals surface area contributed by atoms with Crippen LogP contribution in [0.5, 0.6) is 0 Å². The van der Waals surface area contributed by atoms with E-state index in [1.54, 1.807) is 0 Å². The highest BCUT2D eigenvalue weighted by atomic mass is 16.2. The van der Waals surface area contributed by atoms with Crippen LogP contribution in [0.15, 0.2) is 30.3 Å². The zero-order valence-corrected chi connectivity index (χ0v) is 15.1. The van der Waals surface area contributed by atoms with Crippen molar-refractivity contribution in [1.29, 1.82) is 0 Å². The van der Waals surface area contributed by atoms with Gasteiger partial charge in [0, 0.05) is 32.2 Å². The molecule has 2 aliphatic rings. The Morgan fingerprint density at radius 1 is 1.25 bits per heavy atom. The lowest BCUT2D eigenvalue weighted by Gasteiger charge is -2.42. The molecule has 4 heteroatoms. The number of likely N-dealkylation sites (tertiary alicyclic amines) is 1. The van der Waals surface area contributed by atoms with Crippen molar-refractivity contribution in [3.8, 4) is 0 Å². The first kappa shape index (κ1) is 17.4. The summed E-state index contributed by atoms with van der Waals surface area (Å²) in [5, 5.41) is 3.39. The minimum Gasteiger partial charge on any atom is -0.341 e. The minimum atomic E-state index is 0.0430. The van der Waals surface area contributed by atoms with Gasteiger partial charge in [-0.25, -0.2) is 0 Å². The Balaban J connectivity index is 1.53. The van der Waals surface area contributed by atoms with Gasteiger partial charge >= 0.3 is 0 Å². The zero-order valence-electron chi connectivity index (χ0n) is 15.1. The monoisotopic (exact) mass is 329 g/mol. The van der Waals surface area contributed by atoms with Gasteiger partial charge in [0.05, 0.1) is 6.04 Å². The van der Waals surface area contributed by atoms with Gasteiger partial charge in [-0.3, -0.25) is 9.69 Å². The molecule has 0 unspecified atom stereocenters. The molecule has 24 heavy (non-hydrogen) atoms. The van der Waals surface area contributed by atoms with Crippen molar-refractivity contribution in [2.24, 2.45) is 0 Å². The van der Waals surface area contributed by atoms with Crippen molar-refractivity contribution < 1.29 is 4.79 Å². The molecule has 1 aromatic rings. The molecule has 2 saturated heterocycles. The fourth-order valence-corrected chi connectivity index (χ4v) is 4.09. The van der Waals surface area contributed by atoms with E-state index in [2.05, 4.69) is 47.5 Å². The molecule has 3 rings (SSSR count). The number of hydrogen-bond donors (Lipinski definition) is 1. The van der Waals surface area contributed by atoms with Crippen molar-refractivity contribution in [2.75, 3.05) is 20.1 Å². The molecule has 1 aromatic carbocycles. The van der Waals surface area contributed by atoms with Crippen LogP contribution in [0.1, 0.15) is 44.6 Å². The maximum atomic E-state index is 12.7. The average molecular weight is 329 g/mol. The number of hydrogen-bond acceptors (Lipinski definition) is 3. The van der Waals surface area contributed by atoms with Gasteiger partial charge in [0.1, 0.15) is 0 Å². The summed E-state index contributed by atoms with van der Waals surface area (Å²) in [5.74, 6) is 0.295. The predicted octanol–water partition coefficient (Wildman–Crippen LogP) is 2.64. The van der Waals surface area contributed by atoms with Crippen LogP contribution in [0.3, 0.4) is 0 Å². The average Bonchev–Trinajstić information content (AvgIpc) is 2.64. The maximum absolute atomic E-state index is 12.7. The van der Waals surface area contributed by atoms with Crippen LogP contribution >= 0.6 is 0 Å². The van der Waals surface area contributed by atoms with E-state index in [0.717, 1.165) is 38.9 Å². The third-order valence-electron chi connectivity index (χ3n) is 5.72. The van der Waals surface area contributed by atoms with Gasteiger partial charge in [0.15, 0.2) is 0 Å². The number of benzene rings is 1. The second-order valence-electron chi connectivity index (χ2n) is 7.43. The smallest absolute Gasteiger partial charge is 0.239 e. The second-order valence-corrected chi connectivity index (χ2v) is 7.43. The van der Waals surface area contributed by atoms with Crippen LogP contribution in [0.2, 0.25) is 0 Å². The van der Waals surface area contributed by atoms with Crippen LogP contribution in [-0.2, 0) is 11.3 Å². The zero-order chi connectivity index (χ0) is 16.9. The number of carbonyl (C=O) groups is 1. The van der Waals surface area contributed by atoms with Crippen LogP contribution in [-0.4, -0.2) is 54.0 Å². The fraction of sp³-hybridized carbons (Fsp3) is 0.650. The first-order chi connectivity index (χ1) is 11.6. The van der Waals surface area contributed by atoms with Crippen molar-refractivity contribution in [3.05, 3.63) is 35.9 Å². The summed E-state index contributed by atoms with van der Waals surface area (Å²) in [7, 11) is 2.00. The van der Waals surface area contributed by atoms with Gasteiger partial charge in [-0.1, -0.05) is 36.8 Å². The van der Waals surface area contributed by atoms with E-state index >= 15 is 0 Å². The second kappa shape index (κ2) is 8.13. The lowest BCUT2D eigenvalue weighted by atomic mass is 9.95. The molecule has 0 bridgehead atoms. The number of nitrogens with one attached hydrogen (secondary N) is 1. The summed E-state index contributed by atoms with van der Waals surface area (Å²) in [6, 6.07) is 11.6. The summed E-state index contributed by atoms with van der Waals surface area (Å²) in [4.78, 5) is 17.3. The molecule has 1 N–H and O–H groups in total. The number of rotatable bonds is 4. The fourth-order valence-electron chi connectivity index (χ4n) is 4.09. The molecular formula is C20H31N3O. The minimum absolute atomic E-state index is 0.0430. The summed E-state index contributed by atoms with van der Waals surface area (Å²) in [6.07, 6.45) is 5.51. The summed E-state index contributed by atoms with van der Waals surface area (Å²) >= 11 is 0. The Kier molecular flexibility index (Phi) is 5.90. The molecule has 1 amide bonds. The normalized spacial score (nSPS) is 28.5. The van der Waals surface area contributed by atoms with Crippen molar-refractivity contribution in [3.63, 3.8) is 0 Å². The van der Waals surface area contributed by atoms with Gasteiger partial charge in [0.2, 0.25) is 5.91 Å². The summed E-state index contributed by atoms with van der Waals surface area (Å²) in [5.41, 5.74) is 1.37. The Labute approximate surface area is 146 Å². The highest BCUT2D eigenvalue weighted by Crippen LogP contribution is 2.24. The number of likely N-dealkylation sites (N-methyl/N-ethyl adjacent to an activating group) is 1. The molecule has 0 spiro atoms. The van der Waals surface area contributed by atoms with Crippen molar-refractivity contribution in [1.82, 2.24) is 15.1 Å². The van der Waals surface area contributed by atoms with E-state index in [9.17, 15) is 4.79 Å². The van der Waals surface area contributed by atoms with Gasteiger partial charge in [-0.15, -0.1) is 0 Å². The van der Waals surface area contributed by atoms with Gasteiger partial charge in [0.25, 0.3) is 0 Å². The number of nitrogens with zero attached hydrogens (tertiary/aromatic N) is 2. The topological polar surface area (TPSA) is 35.6 Å². The van der Waals surface area contributed by atoms with Crippen LogP contribution in [0.25, 0.3) is 0 Å². The van der Waals surface area contributed by atoms with E-state index in [1.165, 1.54) is 18.4 Å². The molecule has 2 aliphatic heterocycles. The predicted molar refractivity (Wildman–Crippen MR) is 97.7 cm³/mol. The third kappa shape index (κ3) is 4.17. The Morgan fingerprint density at radius 3 is 2.71 bits per heavy atom. The lowest BCUT2D eigenvalue weighted by Crippen LogP contribution is -2.54. The van der Waals surface area contributed by atoms with E-state index in [-0.39, 0.29) is 6.04 Å². The van der Waals surface area contributed by atoms with E-state index in [1.807, 2.05) is 11.9 Å². The summed E-state index contributed by atoms with van der Waals surface area (Å²) < 4.78 is 0. The molecular weight excluding hydrogens is 298 g/mol. The number of amides is 1. The molecule has 3 atom stereocenters. The van der Waals surface area contributed by atoms with Gasteiger partial charge in [-0.05, 0) is 44.7 Å². The standard InChI is InChI=1S/C20H31N3O/c1-16-14-18(22(2)20(24)19-10-6-7-12-21-19)11-13-23(16)15-17-8-4-3-5-9-17/h3-5,8-9,16,18-19,21H,6-7,10-15H2,1-2H3/t16-,18-,19+/m1/s1.